The Bertz CT molecular complexity index is 427. The van der Waals surface area contributed by atoms with E-state index in [4.69, 9.17) is 0 Å². The number of likely N-dealkylation sites (tertiary alicyclic amines) is 1. The molecule has 4 atom stereocenters. The van der Waals surface area contributed by atoms with E-state index in [0.29, 0.717) is 24.5 Å². The molecule has 2 heterocycles. The highest BCUT2D eigenvalue weighted by Crippen LogP contribution is 2.35. The van der Waals surface area contributed by atoms with Crippen LogP contribution in [0.1, 0.15) is 52.4 Å². The molecule has 0 spiro atoms. The molecule has 0 unspecified atom stereocenters. The van der Waals surface area contributed by atoms with Gasteiger partial charge < -0.3 is 10.0 Å². The smallest absolute Gasteiger partial charge is 0.237 e. The Morgan fingerprint density at radius 2 is 1.88 bits per heavy atom. The number of hydrogen-bond acceptors (Lipinski definition) is 4. The Balaban J connectivity index is 1.51. The van der Waals surface area contributed by atoms with Crippen LogP contribution >= 0.6 is 0 Å². The first-order chi connectivity index (χ1) is 11.5. The van der Waals surface area contributed by atoms with Crippen molar-refractivity contribution < 1.29 is 9.90 Å². The maximum absolute atomic E-state index is 12.9. The summed E-state index contributed by atoms with van der Waals surface area (Å²) >= 11 is 0. The van der Waals surface area contributed by atoms with Gasteiger partial charge >= 0.3 is 0 Å². The van der Waals surface area contributed by atoms with E-state index in [2.05, 4.69) is 21.6 Å². The summed E-state index contributed by atoms with van der Waals surface area (Å²) in [7, 11) is 0. The lowest BCUT2D eigenvalue weighted by Crippen LogP contribution is -2.57. The predicted octanol–water partition coefficient (Wildman–Crippen LogP) is 1.55. The second-order valence-corrected chi connectivity index (χ2v) is 8.27. The Labute approximate surface area is 147 Å². The molecule has 3 aliphatic rings. The van der Waals surface area contributed by atoms with Crippen LogP contribution in [-0.4, -0.2) is 83.2 Å². The van der Waals surface area contributed by atoms with Gasteiger partial charge in [0.05, 0.1) is 12.6 Å². The third-order valence-corrected chi connectivity index (χ3v) is 6.27. The summed E-state index contributed by atoms with van der Waals surface area (Å²) in [6.07, 6.45) is 7.41. The number of β-amino-alcohol motifs (C(OH)–C–C–N with tert-alkyl or cyclic N) is 1. The molecular formula is C19H35N3O2. The van der Waals surface area contributed by atoms with Crippen LogP contribution in [-0.2, 0) is 4.79 Å². The number of amides is 1. The summed E-state index contributed by atoms with van der Waals surface area (Å²) < 4.78 is 0. The van der Waals surface area contributed by atoms with Crippen molar-refractivity contribution in [3.8, 4) is 0 Å². The summed E-state index contributed by atoms with van der Waals surface area (Å²) in [5, 5.41) is 9.60. The SMILES string of the molecule is C[C@H](O)CN1CCN(CC(=O)N2CCC[C@@H]3CCCC[C@H]32)C[C@@H]1C. The molecule has 3 fully saturated rings. The van der Waals surface area contributed by atoms with Gasteiger partial charge in [-0.3, -0.25) is 14.6 Å². The zero-order valence-electron chi connectivity index (χ0n) is 15.5. The first kappa shape index (κ1) is 18.2. The molecule has 0 aromatic carbocycles. The Kier molecular flexibility index (Phi) is 6.17. The highest BCUT2D eigenvalue weighted by atomic mass is 16.3. The quantitative estimate of drug-likeness (QED) is 0.846. The topological polar surface area (TPSA) is 47.0 Å². The molecule has 0 aromatic rings. The molecule has 5 nitrogen and oxygen atoms in total. The molecule has 24 heavy (non-hydrogen) atoms. The van der Waals surface area contributed by atoms with Gasteiger partial charge in [0.15, 0.2) is 0 Å². The van der Waals surface area contributed by atoms with Gasteiger partial charge in [0, 0.05) is 44.8 Å². The number of piperidine rings is 1. The lowest BCUT2D eigenvalue weighted by atomic mass is 9.78. The summed E-state index contributed by atoms with van der Waals surface area (Å²) in [5.74, 6) is 1.11. The third kappa shape index (κ3) is 4.30. The van der Waals surface area contributed by atoms with Gasteiger partial charge in [-0.15, -0.1) is 0 Å². The van der Waals surface area contributed by atoms with Gasteiger partial charge in [0.1, 0.15) is 0 Å². The van der Waals surface area contributed by atoms with Crippen LogP contribution in [0.5, 0.6) is 0 Å². The molecule has 138 valence electrons. The number of piperazine rings is 1. The molecular weight excluding hydrogens is 302 g/mol. The third-order valence-electron chi connectivity index (χ3n) is 6.27. The molecule has 0 aromatic heterocycles. The van der Waals surface area contributed by atoms with E-state index in [1.165, 1.54) is 38.5 Å². The van der Waals surface area contributed by atoms with Crippen LogP contribution < -0.4 is 0 Å². The minimum Gasteiger partial charge on any atom is -0.392 e. The van der Waals surface area contributed by atoms with E-state index in [1.54, 1.807) is 0 Å². The van der Waals surface area contributed by atoms with Crippen molar-refractivity contribution in [1.29, 1.82) is 0 Å². The molecule has 0 bridgehead atoms. The van der Waals surface area contributed by atoms with Gasteiger partial charge in [0.2, 0.25) is 5.91 Å². The normalized spacial score (nSPS) is 34.0. The van der Waals surface area contributed by atoms with Crippen LogP contribution in [0, 0.1) is 5.92 Å². The second kappa shape index (κ2) is 8.15. The molecule has 5 heteroatoms. The number of carbonyl (C=O) groups excluding carboxylic acids is 1. The second-order valence-electron chi connectivity index (χ2n) is 8.27. The molecule has 0 radical (unpaired) electrons. The van der Waals surface area contributed by atoms with Crippen molar-refractivity contribution >= 4 is 5.91 Å². The maximum atomic E-state index is 12.9. The van der Waals surface area contributed by atoms with E-state index in [9.17, 15) is 9.90 Å². The number of aliphatic hydroxyl groups excluding tert-OH is 1. The molecule has 1 aliphatic carbocycles. The van der Waals surface area contributed by atoms with Crippen molar-refractivity contribution in [1.82, 2.24) is 14.7 Å². The monoisotopic (exact) mass is 337 g/mol. The number of rotatable bonds is 4. The van der Waals surface area contributed by atoms with E-state index < -0.39 is 0 Å². The average Bonchev–Trinajstić information content (AvgIpc) is 2.56. The molecule has 1 N–H and O–H groups in total. The number of aliphatic hydroxyl groups is 1. The number of fused-ring (bicyclic) bond motifs is 1. The van der Waals surface area contributed by atoms with Gasteiger partial charge in [-0.05, 0) is 45.4 Å². The highest BCUT2D eigenvalue weighted by Gasteiger charge is 2.36. The zero-order valence-corrected chi connectivity index (χ0v) is 15.5. The lowest BCUT2D eigenvalue weighted by molar-refractivity contribution is -0.139. The minimum absolute atomic E-state index is 0.280. The fraction of sp³-hybridized carbons (Fsp3) is 0.947. The van der Waals surface area contributed by atoms with E-state index in [-0.39, 0.29) is 6.10 Å². The van der Waals surface area contributed by atoms with Crippen molar-refractivity contribution in [2.24, 2.45) is 5.92 Å². The van der Waals surface area contributed by atoms with Crippen molar-refractivity contribution in [3.05, 3.63) is 0 Å². The van der Waals surface area contributed by atoms with Crippen LogP contribution in [0.15, 0.2) is 0 Å². The summed E-state index contributed by atoms with van der Waals surface area (Å²) in [6.45, 7) is 9.15. The predicted molar refractivity (Wildman–Crippen MR) is 95.8 cm³/mol. The average molecular weight is 338 g/mol. The summed E-state index contributed by atoms with van der Waals surface area (Å²) in [6, 6.07) is 0.930. The molecule has 2 aliphatic heterocycles. The molecule has 3 rings (SSSR count). The van der Waals surface area contributed by atoms with Crippen LogP contribution in [0.3, 0.4) is 0 Å². The standard InChI is InChI=1S/C19H35N3O2/c1-15-12-20(10-11-21(15)13-16(2)23)14-19(24)22-9-5-7-17-6-3-4-8-18(17)22/h15-18,23H,3-14H2,1-2H3/t15-,16-,17-,18+/m0/s1. The number of carbonyl (C=O) groups is 1. The van der Waals surface area contributed by atoms with Crippen LogP contribution in [0.2, 0.25) is 0 Å². The van der Waals surface area contributed by atoms with Crippen molar-refractivity contribution in [3.63, 3.8) is 0 Å². The van der Waals surface area contributed by atoms with E-state index >= 15 is 0 Å². The van der Waals surface area contributed by atoms with Gasteiger partial charge in [-0.2, -0.15) is 0 Å². The molecule has 2 saturated heterocycles. The van der Waals surface area contributed by atoms with Crippen molar-refractivity contribution in [2.75, 3.05) is 39.3 Å². The van der Waals surface area contributed by atoms with Crippen LogP contribution in [0.25, 0.3) is 0 Å². The Morgan fingerprint density at radius 1 is 1.12 bits per heavy atom. The van der Waals surface area contributed by atoms with E-state index in [1.807, 2.05) is 6.92 Å². The van der Waals surface area contributed by atoms with Crippen LogP contribution in [0.4, 0.5) is 0 Å². The molecule has 1 amide bonds. The number of nitrogens with zero attached hydrogens (tertiary/aromatic N) is 3. The first-order valence-corrected chi connectivity index (χ1v) is 9.98. The first-order valence-electron chi connectivity index (χ1n) is 9.98. The Hall–Kier alpha value is -0.650. The maximum Gasteiger partial charge on any atom is 0.237 e. The fourth-order valence-corrected chi connectivity index (χ4v) is 5.04. The fourth-order valence-electron chi connectivity index (χ4n) is 5.04. The summed E-state index contributed by atoms with van der Waals surface area (Å²) in [5.41, 5.74) is 0. The molecule has 1 saturated carbocycles. The zero-order chi connectivity index (χ0) is 17.1. The van der Waals surface area contributed by atoms with Gasteiger partial charge in [-0.1, -0.05) is 12.8 Å². The minimum atomic E-state index is -0.280. The number of hydrogen-bond donors (Lipinski definition) is 1. The highest BCUT2D eigenvalue weighted by molar-refractivity contribution is 5.78. The van der Waals surface area contributed by atoms with Gasteiger partial charge in [0.25, 0.3) is 0 Å². The lowest BCUT2D eigenvalue weighted by Gasteiger charge is -2.45. The van der Waals surface area contributed by atoms with E-state index in [0.717, 1.165) is 38.6 Å². The van der Waals surface area contributed by atoms with Crippen molar-refractivity contribution in [2.45, 2.75) is 70.6 Å². The Morgan fingerprint density at radius 3 is 2.62 bits per heavy atom. The van der Waals surface area contributed by atoms with Gasteiger partial charge in [-0.25, -0.2) is 0 Å². The summed E-state index contributed by atoms with van der Waals surface area (Å²) in [4.78, 5) is 19.8. The largest absolute Gasteiger partial charge is 0.392 e.